The molecular formula is C21H20F2N2O5S. The van der Waals surface area contributed by atoms with E-state index >= 15 is 0 Å². The number of carbonyl (C=O) groups is 2. The quantitative estimate of drug-likeness (QED) is 0.755. The molecule has 4 rings (SSSR count). The maximum Gasteiger partial charge on any atom is 0.246 e. The van der Waals surface area contributed by atoms with Crippen LogP contribution in [0.3, 0.4) is 0 Å². The van der Waals surface area contributed by atoms with E-state index in [1.54, 1.807) is 24.3 Å². The molecule has 31 heavy (non-hydrogen) atoms. The average molecular weight is 450 g/mol. The Morgan fingerprint density at radius 2 is 1.84 bits per heavy atom. The van der Waals surface area contributed by atoms with Gasteiger partial charge in [0.15, 0.2) is 10.7 Å². The smallest absolute Gasteiger partial charge is 0.246 e. The first kappa shape index (κ1) is 21.4. The lowest BCUT2D eigenvalue weighted by Crippen LogP contribution is -2.45. The summed E-state index contributed by atoms with van der Waals surface area (Å²) in [4.78, 5) is 25.5. The highest BCUT2D eigenvalue weighted by molar-refractivity contribution is 7.89. The largest absolute Gasteiger partial charge is 0.484 e. The van der Waals surface area contributed by atoms with Crippen LogP contribution in [0.5, 0.6) is 5.75 Å². The van der Waals surface area contributed by atoms with Gasteiger partial charge in [-0.15, -0.1) is 0 Å². The predicted octanol–water partition coefficient (Wildman–Crippen LogP) is 2.27. The zero-order valence-electron chi connectivity index (χ0n) is 16.4. The molecule has 1 N–H and O–H groups in total. The van der Waals surface area contributed by atoms with Gasteiger partial charge >= 0.3 is 0 Å². The van der Waals surface area contributed by atoms with Crippen LogP contribution in [0.1, 0.15) is 29.6 Å². The van der Waals surface area contributed by atoms with Gasteiger partial charge in [0.05, 0.1) is 18.5 Å². The van der Waals surface area contributed by atoms with E-state index in [2.05, 4.69) is 4.72 Å². The lowest BCUT2D eigenvalue weighted by molar-refractivity contribution is -0.130. The number of benzene rings is 2. The first-order valence-corrected chi connectivity index (χ1v) is 11.2. The van der Waals surface area contributed by atoms with E-state index in [4.69, 9.17) is 4.74 Å². The summed E-state index contributed by atoms with van der Waals surface area (Å²) < 4.78 is 60.0. The Morgan fingerprint density at radius 3 is 2.58 bits per heavy atom. The Hall–Kier alpha value is -2.85. The third kappa shape index (κ3) is 4.17. The molecule has 7 nitrogen and oxygen atoms in total. The van der Waals surface area contributed by atoms with Crippen molar-refractivity contribution in [3.63, 3.8) is 0 Å². The first-order valence-electron chi connectivity index (χ1n) is 9.73. The SMILES string of the molecule is O=C1CC2(CCN(C(=O)CCNS(=O)(=O)c3c(F)cccc3F)C2)Oc2ccccc21. The van der Waals surface area contributed by atoms with E-state index < -0.39 is 32.2 Å². The molecule has 1 amide bonds. The summed E-state index contributed by atoms with van der Waals surface area (Å²) in [5.41, 5.74) is -0.274. The zero-order chi connectivity index (χ0) is 22.2. The Balaban J connectivity index is 1.36. The lowest BCUT2D eigenvalue weighted by Gasteiger charge is -2.34. The lowest BCUT2D eigenvalue weighted by atomic mass is 9.89. The molecule has 10 heteroatoms. The highest BCUT2D eigenvalue weighted by Gasteiger charge is 2.46. The fourth-order valence-electron chi connectivity index (χ4n) is 3.99. The molecule has 2 aromatic carbocycles. The third-order valence-corrected chi connectivity index (χ3v) is 7.00. The number of hydrogen-bond donors (Lipinski definition) is 1. The van der Waals surface area contributed by atoms with E-state index in [1.165, 1.54) is 4.90 Å². The summed E-state index contributed by atoms with van der Waals surface area (Å²) in [6.45, 7) is 0.255. The first-order chi connectivity index (χ1) is 14.7. The van der Waals surface area contributed by atoms with Gasteiger partial charge in [-0.25, -0.2) is 21.9 Å². The molecule has 0 aliphatic carbocycles. The van der Waals surface area contributed by atoms with Gasteiger partial charge in [-0.3, -0.25) is 9.59 Å². The number of Topliss-reactive ketones (excluding diaryl/α,β-unsaturated/α-hetero) is 1. The third-order valence-electron chi connectivity index (χ3n) is 5.48. The molecule has 1 spiro atoms. The number of sulfonamides is 1. The van der Waals surface area contributed by atoms with Gasteiger partial charge in [-0.2, -0.15) is 0 Å². The number of nitrogens with zero attached hydrogens (tertiary/aromatic N) is 1. The number of rotatable bonds is 5. The maximum absolute atomic E-state index is 13.7. The van der Waals surface area contributed by atoms with Crippen molar-refractivity contribution >= 4 is 21.7 Å². The molecule has 1 atom stereocenters. The Labute approximate surface area is 178 Å². The second kappa shape index (κ2) is 8.01. The van der Waals surface area contributed by atoms with Gasteiger partial charge in [0.1, 0.15) is 23.0 Å². The number of likely N-dealkylation sites (tertiary alicyclic amines) is 1. The molecular weight excluding hydrogens is 430 g/mol. The van der Waals surface area contributed by atoms with Crippen molar-refractivity contribution in [2.45, 2.75) is 29.8 Å². The van der Waals surface area contributed by atoms with Crippen molar-refractivity contribution < 1.29 is 31.5 Å². The minimum absolute atomic E-state index is 0.0455. The number of halogens is 2. The van der Waals surface area contributed by atoms with Gasteiger partial charge in [0, 0.05) is 25.9 Å². The molecule has 164 valence electrons. The zero-order valence-corrected chi connectivity index (χ0v) is 17.3. The number of fused-ring (bicyclic) bond motifs is 1. The van der Waals surface area contributed by atoms with E-state index in [9.17, 15) is 26.8 Å². The van der Waals surface area contributed by atoms with Crippen LogP contribution < -0.4 is 9.46 Å². The van der Waals surface area contributed by atoms with Gasteiger partial charge in [0.25, 0.3) is 0 Å². The minimum Gasteiger partial charge on any atom is -0.484 e. The molecule has 0 bridgehead atoms. The van der Waals surface area contributed by atoms with Crippen LogP contribution in [0.25, 0.3) is 0 Å². The van der Waals surface area contributed by atoms with Crippen molar-refractivity contribution in [1.29, 1.82) is 0 Å². The molecule has 2 aliphatic heterocycles. The Bertz CT molecular complexity index is 1130. The standard InChI is InChI=1S/C21H20F2N2O5S/c22-15-5-3-6-16(23)20(15)31(28,29)24-10-8-19(27)25-11-9-21(13-25)12-17(26)14-4-1-2-7-18(14)30-21/h1-7,24H,8-13H2. The fraction of sp³-hybridized carbons (Fsp3) is 0.333. The molecule has 2 aromatic rings. The maximum atomic E-state index is 13.7. The molecule has 2 heterocycles. The van der Waals surface area contributed by atoms with E-state index in [-0.39, 0.29) is 37.6 Å². The molecule has 0 aromatic heterocycles. The number of carbonyl (C=O) groups excluding carboxylic acids is 2. The van der Waals surface area contributed by atoms with Crippen LogP contribution >= 0.6 is 0 Å². The number of ether oxygens (including phenoxy) is 1. The van der Waals surface area contributed by atoms with Crippen molar-refractivity contribution in [1.82, 2.24) is 9.62 Å². The fourth-order valence-corrected chi connectivity index (χ4v) is 5.15. The number of hydrogen-bond acceptors (Lipinski definition) is 5. The molecule has 0 saturated carbocycles. The molecule has 0 radical (unpaired) electrons. The van der Waals surface area contributed by atoms with Crippen LogP contribution in [0.2, 0.25) is 0 Å². The molecule has 1 unspecified atom stereocenters. The summed E-state index contributed by atoms with van der Waals surface area (Å²) in [5, 5.41) is 0. The normalized spacial score (nSPS) is 20.6. The van der Waals surface area contributed by atoms with Crippen LogP contribution in [0.15, 0.2) is 47.4 Å². The van der Waals surface area contributed by atoms with Gasteiger partial charge in [-0.1, -0.05) is 18.2 Å². The van der Waals surface area contributed by atoms with Crippen LogP contribution in [-0.4, -0.2) is 50.2 Å². The van der Waals surface area contributed by atoms with Crippen molar-refractivity contribution in [2.24, 2.45) is 0 Å². The molecule has 1 fully saturated rings. The average Bonchev–Trinajstić information content (AvgIpc) is 3.10. The second-order valence-corrected chi connectivity index (χ2v) is 9.35. The number of nitrogens with one attached hydrogen (secondary N) is 1. The second-order valence-electron chi connectivity index (χ2n) is 7.65. The number of para-hydroxylation sites is 1. The Kier molecular flexibility index (Phi) is 5.52. The molecule has 2 aliphatic rings. The highest BCUT2D eigenvalue weighted by Crippen LogP contribution is 2.38. The summed E-state index contributed by atoms with van der Waals surface area (Å²) in [6, 6.07) is 9.70. The van der Waals surface area contributed by atoms with E-state index in [0.29, 0.717) is 24.3 Å². The van der Waals surface area contributed by atoms with Crippen molar-refractivity contribution in [3.05, 3.63) is 59.7 Å². The van der Waals surface area contributed by atoms with Crippen LogP contribution in [0.4, 0.5) is 8.78 Å². The van der Waals surface area contributed by atoms with E-state index in [1.807, 2.05) is 0 Å². The summed E-state index contributed by atoms with van der Waals surface area (Å²) >= 11 is 0. The Morgan fingerprint density at radius 1 is 1.13 bits per heavy atom. The molecule has 1 saturated heterocycles. The van der Waals surface area contributed by atoms with Crippen molar-refractivity contribution in [3.8, 4) is 5.75 Å². The topological polar surface area (TPSA) is 92.8 Å². The van der Waals surface area contributed by atoms with Crippen LogP contribution in [-0.2, 0) is 14.8 Å². The summed E-state index contributed by atoms with van der Waals surface area (Å²) in [7, 11) is -4.45. The number of amides is 1. The predicted molar refractivity (Wildman–Crippen MR) is 106 cm³/mol. The van der Waals surface area contributed by atoms with E-state index in [0.717, 1.165) is 18.2 Å². The highest BCUT2D eigenvalue weighted by atomic mass is 32.2. The summed E-state index contributed by atoms with van der Waals surface area (Å²) in [5.74, 6) is -2.31. The van der Waals surface area contributed by atoms with Gasteiger partial charge in [0.2, 0.25) is 15.9 Å². The van der Waals surface area contributed by atoms with Gasteiger partial charge in [-0.05, 0) is 24.3 Å². The monoisotopic (exact) mass is 450 g/mol. The minimum atomic E-state index is -4.45. The van der Waals surface area contributed by atoms with Gasteiger partial charge < -0.3 is 9.64 Å². The van der Waals surface area contributed by atoms with Crippen LogP contribution in [0, 0.1) is 11.6 Å². The van der Waals surface area contributed by atoms with Crippen molar-refractivity contribution in [2.75, 3.05) is 19.6 Å². The summed E-state index contributed by atoms with van der Waals surface area (Å²) in [6.07, 6.45) is 0.438. The number of ketones is 1.